The number of aromatic nitrogens is 1. The van der Waals surface area contributed by atoms with Crippen molar-refractivity contribution < 1.29 is 12.8 Å². The summed E-state index contributed by atoms with van der Waals surface area (Å²) in [4.78, 5) is 3.95. The molecule has 1 aromatic carbocycles. The van der Waals surface area contributed by atoms with Crippen molar-refractivity contribution in [3.63, 3.8) is 0 Å². The molecule has 0 amide bonds. The van der Waals surface area contributed by atoms with Gasteiger partial charge in [-0.25, -0.2) is 17.8 Å². The van der Waals surface area contributed by atoms with Gasteiger partial charge in [0.05, 0.1) is 5.69 Å². The molecule has 1 aromatic heterocycles. The van der Waals surface area contributed by atoms with Crippen LogP contribution in [0.2, 0.25) is 0 Å². The normalized spacial score (nSPS) is 11.2. The number of hydrogen-bond donors (Lipinski definition) is 2. The topological polar surface area (TPSA) is 71.1 Å². The minimum atomic E-state index is -3.78. The number of anilines is 2. The van der Waals surface area contributed by atoms with E-state index in [2.05, 4.69) is 15.0 Å². The summed E-state index contributed by atoms with van der Waals surface area (Å²) in [6.45, 7) is 1.51. The Morgan fingerprint density at radius 1 is 1.20 bits per heavy atom. The van der Waals surface area contributed by atoms with Gasteiger partial charge < -0.3 is 5.32 Å². The molecular formula is C13H14FN3O2S. The van der Waals surface area contributed by atoms with Crippen LogP contribution in [0.25, 0.3) is 0 Å². The average molecular weight is 295 g/mol. The molecule has 0 aliphatic carbocycles. The van der Waals surface area contributed by atoms with Crippen molar-refractivity contribution >= 4 is 21.5 Å². The van der Waals surface area contributed by atoms with E-state index in [9.17, 15) is 12.8 Å². The fourth-order valence-electron chi connectivity index (χ4n) is 1.61. The van der Waals surface area contributed by atoms with Crippen LogP contribution in [0.5, 0.6) is 0 Å². The Hall–Kier alpha value is -2.15. The SMILES string of the molecule is CNc1ccc(S(=O)(=O)Nc2cccc(F)c2C)cn1. The molecule has 5 nitrogen and oxygen atoms in total. The first-order chi connectivity index (χ1) is 9.44. The summed E-state index contributed by atoms with van der Waals surface area (Å²) >= 11 is 0. The minimum Gasteiger partial charge on any atom is -0.373 e. The Bertz CT molecular complexity index is 715. The number of rotatable bonds is 4. The van der Waals surface area contributed by atoms with Gasteiger partial charge in [0.2, 0.25) is 0 Å². The highest BCUT2D eigenvalue weighted by molar-refractivity contribution is 7.92. The molecule has 0 radical (unpaired) electrons. The van der Waals surface area contributed by atoms with Crippen LogP contribution < -0.4 is 10.0 Å². The maximum atomic E-state index is 13.4. The van der Waals surface area contributed by atoms with E-state index >= 15 is 0 Å². The number of halogens is 1. The lowest BCUT2D eigenvalue weighted by Gasteiger charge is -2.11. The molecule has 0 aliphatic rings. The van der Waals surface area contributed by atoms with Crippen molar-refractivity contribution in [2.24, 2.45) is 0 Å². The molecule has 0 fully saturated rings. The minimum absolute atomic E-state index is 0.0140. The van der Waals surface area contributed by atoms with E-state index in [1.165, 1.54) is 37.4 Å². The molecule has 0 saturated carbocycles. The maximum absolute atomic E-state index is 13.4. The van der Waals surface area contributed by atoms with Gasteiger partial charge in [-0.2, -0.15) is 0 Å². The molecule has 0 bridgehead atoms. The van der Waals surface area contributed by atoms with Gasteiger partial charge in [0.15, 0.2) is 0 Å². The van der Waals surface area contributed by atoms with Crippen molar-refractivity contribution in [2.45, 2.75) is 11.8 Å². The van der Waals surface area contributed by atoms with E-state index in [0.29, 0.717) is 5.82 Å². The van der Waals surface area contributed by atoms with Crippen LogP contribution in [0.4, 0.5) is 15.9 Å². The summed E-state index contributed by atoms with van der Waals surface area (Å²) in [6, 6.07) is 7.20. The first-order valence-corrected chi connectivity index (χ1v) is 7.34. The summed E-state index contributed by atoms with van der Waals surface area (Å²) < 4.78 is 40.1. The fraction of sp³-hybridized carbons (Fsp3) is 0.154. The maximum Gasteiger partial charge on any atom is 0.263 e. The van der Waals surface area contributed by atoms with Crippen molar-refractivity contribution in [3.8, 4) is 0 Å². The lowest BCUT2D eigenvalue weighted by molar-refractivity contribution is 0.600. The Balaban J connectivity index is 2.33. The predicted molar refractivity (Wildman–Crippen MR) is 75.7 cm³/mol. The fourth-order valence-corrected chi connectivity index (χ4v) is 2.68. The Morgan fingerprint density at radius 3 is 2.55 bits per heavy atom. The molecule has 0 atom stereocenters. The van der Waals surface area contributed by atoms with Crippen LogP contribution in [0.15, 0.2) is 41.4 Å². The molecule has 0 aliphatic heterocycles. The van der Waals surface area contributed by atoms with Gasteiger partial charge in [-0.1, -0.05) is 6.07 Å². The third-order valence-corrected chi connectivity index (χ3v) is 4.17. The highest BCUT2D eigenvalue weighted by Gasteiger charge is 2.16. The highest BCUT2D eigenvalue weighted by atomic mass is 32.2. The zero-order chi connectivity index (χ0) is 14.8. The van der Waals surface area contributed by atoms with E-state index in [1.54, 1.807) is 13.1 Å². The lowest BCUT2D eigenvalue weighted by atomic mass is 10.2. The largest absolute Gasteiger partial charge is 0.373 e. The molecule has 1 heterocycles. The van der Waals surface area contributed by atoms with Gasteiger partial charge in [-0.15, -0.1) is 0 Å². The highest BCUT2D eigenvalue weighted by Crippen LogP contribution is 2.21. The molecule has 7 heteroatoms. The van der Waals surface area contributed by atoms with Crippen LogP contribution in [0, 0.1) is 12.7 Å². The quantitative estimate of drug-likeness (QED) is 0.908. The van der Waals surface area contributed by atoms with Gasteiger partial charge in [0, 0.05) is 18.8 Å². The molecule has 2 rings (SSSR count). The summed E-state index contributed by atoms with van der Waals surface area (Å²) in [7, 11) is -2.10. The third kappa shape index (κ3) is 2.88. The lowest BCUT2D eigenvalue weighted by Crippen LogP contribution is -2.14. The van der Waals surface area contributed by atoms with E-state index < -0.39 is 15.8 Å². The zero-order valence-electron chi connectivity index (χ0n) is 11.0. The molecule has 106 valence electrons. The Kier molecular flexibility index (Phi) is 3.89. The van der Waals surface area contributed by atoms with E-state index in [4.69, 9.17) is 0 Å². The van der Waals surface area contributed by atoms with Crippen LogP contribution >= 0.6 is 0 Å². The van der Waals surface area contributed by atoms with Crippen LogP contribution in [-0.4, -0.2) is 20.4 Å². The molecule has 0 unspecified atom stereocenters. The summed E-state index contributed by atoms with van der Waals surface area (Å²) in [5.41, 5.74) is 0.457. The first-order valence-electron chi connectivity index (χ1n) is 5.86. The second kappa shape index (κ2) is 5.46. The van der Waals surface area contributed by atoms with Crippen molar-refractivity contribution in [2.75, 3.05) is 17.1 Å². The Morgan fingerprint density at radius 2 is 1.95 bits per heavy atom. The standard InChI is InChI=1S/C13H14FN3O2S/c1-9-11(14)4-3-5-12(9)17-20(18,19)10-6-7-13(15-2)16-8-10/h3-8,17H,1-2H3,(H,15,16). The predicted octanol–water partition coefficient (Wildman–Crippen LogP) is 2.37. The second-order valence-electron chi connectivity index (χ2n) is 4.15. The summed E-state index contributed by atoms with van der Waals surface area (Å²) in [5.74, 6) is 0.0970. The number of sulfonamides is 1. The second-order valence-corrected chi connectivity index (χ2v) is 5.83. The summed E-state index contributed by atoms with van der Waals surface area (Å²) in [5, 5.41) is 2.80. The van der Waals surface area contributed by atoms with Crippen molar-refractivity contribution in [1.29, 1.82) is 0 Å². The molecule has 20 heavy (non-hydrogen) atoms. The number of hydrogen-bond acceptors (Lipinski definition) is 4. The van der Waals surface area contributed by atoms with E-state index in [1.807, 2.05) is 0 Å². The molecular weight excluding hydrogens is 281 g/mol. The monoisotopic (exact) mass is 295 g/mol. The van der Waals surface area contributed by atoms with E-state index in [-0.39, 0.29) is 16.1 Å². The van der Waals surface area contributed by atoms with Crippen LogP contribution in [0.3, 0.4) is 0 Å². The number of nitrogens with one attached hydrogen (secondary N) is 2. The van der Waals surface area contributed by atoms with Gasteiger partial charge >= 0.3 is 0 Å². The smallest absolute Gasteiger partial charge is 0.263 e. The van der Waals surface area contributed by atoms with Crippen LogP contribution in [-0.2, 0) is 10.0 Å². The van der Waals surface area contributed by atoms with Gasteiger partial charge in [-0.3, -0.25) is 4.72 Å². The van der Waals surface area contributed by atoms with Crippen molar-refractivity contribution in [1.82, 2.24) is 4.98 Å². The first kappa shape index (κ1) is 14.3. The molecule has 2 N–H and O–H groups in total. The zero-order valence-corrected chi connectivity index (χ0v) is 11.8. The molecule has 2 aromatic rings. The molecule has 0 spiro atoms. The van der Waals surface area contributed by atoms with E-state index in [0.717, 1.165) is 0 Å². The third-order valence-electron chi connectivity index (χ3n) is 2.81. The van der Waals surface area contributed by atoms with Crippen molar-refractivity contribution in [3.05, 3.63) is 47.9 Å². The van der Waals surface area contributed by atoms with Crippen LogP contribution in [0.1, 0.15) is 5.56 Å². The summed E-state index contributed by atoms with van der Waals surface area (Å²) in [6.07, 6.45) is 1.24. The van der Waals surface area contributed by atoms with Gasteiger partial charge in [0.1, 0.15) is 16.5 Å². The van der Waals surface area contributed by atoms with Gasteiger partial charge in [-0.05, 0) is 31.2 Å². The van der Waals surface area contributed by atoms with Gasteiger partial charge in [0.25, 0.3) is 10.0 Å². The number of nitrogens with zero attached hydrogens (tertiary/aromatic N) is 1. The number of pyridine rings is 1. The molecule has 0 saturated heterocycles. The Labute approximate surface area is 116 Å². The average Bonchev–Trinajstić information content (AvgIpc) is 2.44. The number of benzene rings is 1.